The molecule has 1 N–H and O–H groups in total. The fourth-order valence-corrected chi connectivity index (χ4v) is 3.56. The number of anilines is 1. The number of nitro groups is 1. The van der Waals surface area contributed by atoms with Crippen LogP contribution in [0.25, 0.3) is 0 Å². The van der Waals surface area contributed by atoms with Crippen molar-refractivity contribution in [3.63, 3.8) is 0 Å². The van der Waals surface area contributed by atoms with E-state index in [1.54, 1.807) is 12.1 Å². The summed E-state index contributed by atoms with van der Waals surface area (Å²) >= 11 is 0. The lowest BCUT2D eigenvalue weighted by atomic mass is 10.0. The van der Waals surface area contributed by atoms with E-state index in [1.807, 2.05) is 13.8 Å². The van der Waals surface area contributed by atoms with Crippen molar-refractivity contribution in [3.8, 4) is 5.75 Å². The first-order chi connectivity index (χ1) is 16.1. The molecule has 0 radical (unpaired) electrons. The molecule has 3 rings (SSSR count). The second-order valence-electron chi connectivity index (χ2n) is 7.97. The summed E-state index contributed by atoms with van der Waals surface area (Å²) in [4.78, 5) is 62.2. The van der Waals surface area contributed by atoms with Crippen molar-refractivity contribution in [2.24, 2.45) is 5.92 Å². The maximum absolute atomic E-state index is 12.9. The Hall–Kier alpha value is -4.28. The summed E-state index contributed by atoms with van der Waals surface area (Å²) in [6, 6.07) is 8.87. The van der Waals surface area contributed by atoms with Crippen LogP contribution in [0.3, 0.4) is 0 Å². The molecule has 0 saturated heterocycles. The number of carbonyl (C=O) groups is 4. The number of ether oxygens (including phenoxy) is 2. The van der Waals surface area contributed by atoms with Crippen molar-refractivity contribution in [2.75, 3.05) is 19.0 Å². The predicted octanol–water partition coefficient (Wildman–Crippen LogP) is 2.80. The Bertz CT molecular complexity index is 1130. The van der Waals surface area contributed by atoms with Crippen LogP contribution in [0.1, 0.15) is 41.0 Å². The Kier molecular flexibility index (Phi) is 7.24. The molecule has 178 valence electrons. The van der Waals surface area contributed by atoms with E-state index in [9.17, 15) is 29.3 Å². The van der Waals surface area contributed by atoms with Crippen LogP contribution in [0, 0.1) is 16.0 Å². The van der Waals surface area contributed by atoms with Gasteiger partial charge in [0, 0.05) is 0 Å². The molecule has 0 unspecified atom stereocenters. The molecule has 0 aromatic heterocycles. The lowest BCUT2D eigenvalue weighted by Gasteiger charge is -2.25. The zero-order valence-corrected chi connectivity index (χ0v) is 18.8. The first kappa shape index (κ1) is 24.4. The van der Waals surface area contributed by atoms with Gasteiger partial charge < -0.3 is 14.8 Å². The van der Waals surface area contributed by atoms with Crippen LogP contribution in [-0.2, 0) is 14.3 Å². The van der Waals surface area contributed by atoms with Crippen LogP contribution in [0.5, 0.6) is 5.75 Å². The van der Waals surface area contributed by atoms with Gasteiger partial charge in [0.15, 0.2) is 6.61 Å². The minimum atomic E-state index is -1.23. The molecule has 0 aliphatic carbocycles. The number of carbonyl (C=O) groups excluding carboxylic acids is 4. The number of benzene rings is 2. The average molecular weight is 469 g/mol. The van der Waals surface area contributed by atoms with Gasteiger partial charge in [0.1, 0.15) is 17.5 Å². The van der Waals surface area contributed by atoms with Crippen molar-refractivity contribution in [1.82, 2.24) is 4.90 Å². The van der Waals surface area contributed by atoms with Gasteiger partial charge in [-0.3, -0.25) is 29.4 Å². The van der Waals surface area contributed by atoms with Gasteiger partial charge in [-0.15, -0.1) is 0 Å². The highest BCUT2D eigenvalue weighted by molar-refractivity contribution is 6.22. The van der Waals surface area contributed by atoms with Crippen LogP contribution in [-0.4, -0.2) is 53.3 Å². The monoisotopic (exact) mass is 469 g/mol. The minimum absolute atomic E-state index is 0.0716. The number of imide groups is 1. The zero-order valence-electron chi connectivity index (χ0n) is 18.8. The molecule has 0 spiro atoms. The standard InChI is InChI=1S/C23H23N3O8/c1-13(2)10-19(25-21(28)15-6-4-5-7-16(15)22(25)29)23(30)34-12-20(27)24-17-9-8-14(33-3)11-18(17)26(31)32/h4-9,11,13,19H,10,12H2,1-3H3,(H,24,27)/t19-/m1/s1. The molecule has 1 aliphatic rings. The van der Waals surface area contributed by atoms with Crippen LogP contribution in [0.15, 0.2) is 42.5 Å². The van der Waals surface area contributed by atoms with E-state index < -0.39 is 47.0 Å². The molecule has 2 aromatic rings. The Balaban J connectivity index is 1.72. The topological polar surface area (TPSA) is 145 Å². The smallest absolute Gasteiger partial charge is 0.329 e. The molecule has 0 saturated carbocycles. The van der Waals surface area contributed by atoms with Gasteiger partial charge in [-0.2, -0.15) is 0 Å². The molecule has 34 heavy (non-hydrogen) atoms. The van der Waals surface area contributed by atoms with Gasteiger partial charge in [0.25, 0.3) is 23.4 Å². The SMILES string of the molecule is COc1ccc(NC(=O)COC(=O)[C@@H](CC(C)C)N2C(=O)c3ccccc3C2=O)c([N+](=O)[O-])c1. The number of hydrogen-bond acceptors (Lipinski definition) is 8. The maximum atomic E-state index is 12.9. The summed E-state index contributed by atoms with van der Waals surface area (Å²) in [6.45, 7) is 2.86. The summed E-state index contributed by atoms with van der Waals surface area (Å²) in [5, 5.41) is 13.6. The number of methoxy groups -OCH3 is 1. The van der Waals surface area contributed by atoms with Crippen molar-refractivity contribution in [2.45, 2.75) is 26.3 Å². The highest BCUT2D eigenvalue weighted by atomic mass is 16.6. The van der Waals surface area contributed by atoms with E-state index in [4.69, 9.17) is 9.47 Å². The lowest BCUT2D eigenvalue weighted by molar-refractivity contribution is -0.384. The molecule has 1 aliphatic heterocycles. The quantitative estimate of drug-likeness (QED) is 0.255. The van der Waals surface area contributed by atoms with Gasteiger partial charge in [0.05, 0.1) is 29.2 Å². The van der Waals surface area contributed by atoms with Crippen LogP contribution >= 0.6 is 0 Å². The van der Waals surface area contributed by atoms with Crippen molar-refractivity contribution < 1.29 is 33.6 Å². The molecule has 0 fully saturated rings. The van der Waals surface area contributed by atoms with E-state index >= 15 is 0 Å². The average Bonchev–Trinajstić information content (AvgIpc) is 3.06. The summed E-state index contributed by atoms with van der Waals surface area (Å²) in [7, 11) is 1.35. The fraction of sp³-hybridized carbons (Fsp3) is 0.304. The van der Waals surface area contributed by atoms with Gasteiger partial charge in [0.2, 0.25) is 0 Å². The number of nitrogens with one attached hydrogen (secondary N) is 1. The molecule has 1 heterocycles. The predicted molar refractivity (Wildman–Crippen MR) is 119 cm³/mol. The van der Waals surface area contributed by atoms with Crippen molar-refractivity contribution in [3.05, 3.63) is 63.7 Å². The third-order valence-corrected chi connectivity index (χ3v) is 5.13. The normalized spacial score (nSPS) is 13.5. The number of nitrogens with zero attached hydrogens (tertiary/aromatic N) is 2. The summed E-state index contributed by atoms with van der Waals surface area (Å²) < 4.78 is 10.0. The Morgan fingerprint density at radius 3 is 2.24 bits per heavy atom. The Labute approximate surface area is 194 Å². The number of nitro benzene ring substituents is 1. The summed E-state index contributed by atoms with van der Waals surface area (Å²) in [5.74, 6) is -2.82. The summed E-state index contributed by atoms with van der Waals surface area (Å²) in [6.07, 6.45) is 0.135. The van der Waals surface area contributed by atoms with Crippen LogP contribution < -0.4 is 10.1 Å². The first-order valence-electron chi connectivity index (χ1n) is 10.4. The second-order valence-corrected chi connectivity index (χ2v) is 7.97. The molecule has 0 bridgehead atoms. The van der Waals surface area contributed by atoms with Crippen LogP contribution in [0.2, 0.25) is 0 Å². The van der Waals surface area contributed by atoms with Gasteiger partial charge >= 0.3 is 5.97 Å². The minimum Gasteiger partial charge on any atom is -0.496 e. The molecule has 11 nitrogen and oxygen atoms in total. The third-order valence-electron chi connectivity index (χ3n) is 5.13. The third kappa shape index (κ3) is 5.03. The molecule has 1 atom stereocenters. The zero-order chi connectivity index (χ0) is 25.0. The number of hydrogen-bond donors (Lipinski definition) is 1. The molecule has 11 heteroatoms. The Morgan fingerprint density at radius 2 is 1.71 bits per heavy atom. The first-order valence-corrected chi connectivity index (χ1v) is 10.4. The number of amides is 3. The van der Waals surface area contributed by atoms with Gasteiger partial charge in [-0.25, -0.2) is 4.79 Å². The molecular weight excluding hydrogens is 446 g/mol. The van der Waals surface area contributed by atoms with Crippen molar-refractivity contribution >= 4 is 35.1 Å². The van der Waals surface area contributed by atoms with E-state index in [2.05, 4.69) is 5.32 Å². The highest BCUT2D eigenvalue weighted by Gasteiger charge is 2.43. The fourth-order valence-electron chi connectivity index (χ4n) is 3.56. The molecular formula is C23H23N3O8. The van der Waals surface area contributed by atoms with E-state index in [1.165, 1.54) is 31.4 Å². The maximum Gasteiger partial charge on any atom is 0.329 e. The second kappa shape index (κ2) is 10.1. The molecule has 2 aromatic carbocycles. The van der Waals surface area contributed by atoms with Crippen molar-refractivity contribution in [1.29, 1.82) is 0 Å². The largest absolute Gasteiger partial charge is 0.496 e. The number of rotatable bonds is 9. The molecule has 3 amide bonds. The number of esters is 1. The Morgan fingerprint density at radius 1 is 1.09 bits per heavy atom. The van der Waals surface area contributed by atoms with E-state index in [0.717, 1.165) is 11.0 Å². The highest BCUT2D eigenvalue weighted by Crippen LogP contribution is 2.29. The van der Waals surface area contributed by atoms with Gasteiger partial charge in [-0.1, -0.05) is 26.0 Å². The summed E-state index contributed by atoms with van der Waals surface area (Å²) in [5.41, 5.74) is -0.120. The lowest BCUT2D eigenvalue weighted by Crippen LogP contribution is -2.46. The number of fused-ring (bicyclic) bond motifs is 1. The van der Waals surface area contributed by atoms with E-state index in [0.29, 0.717) is 0 Å². The van der Waals surface area contributed by atoms with E-state index in [-0.39, 0.29) is 34.9 Å². The van der Waals surface area contributed by atoms with Crippen LogP contribution in [0.4, 0.5) is 11.4 Å². The van der Waals surface area contributed by atoms with Gasteiger partial charge in [-0.05, 0) is 36.6 Å².